The molecule has 1 fully saturated rings. The summed E-state index contributed by atoms with van der Waals surface area (Å²) in [5.74, 6) is 0.787. The van der Waals surface area contributed by atoms with Crippen LogP contribution in [0.2, 0.25) is 0 Å². The largest absolute Gasteiger partial charge is 0.316 e. The van der Waals surface area contributed by atoms with Crippen molar-refractivity contribution in [3.63, 3.8) is 0 Å². The zero-order valence-corrected chi connectivity index (χ0v) is 9.11. The molecule has 0 aromatic carbocycles. The Kier molecular flexibility index (Phi) is 4.78. The second-order valence-electron chi connectivity index (χ2n) is 3.93. The Balaban J connectivity index is 2.18. The number of hydrogen-bond donors (Lipinski definition) is 1. The van der Waals surface area contributed by atoms with Crippen LogP contribution in [-0.4, -0.2) is 38.1 Å². The number of halogens is 1. The second kappa shape index (κ2) is 5.63. The monoisotopic (exact) mass is 202 g/mol. The maximum atomic E-state index is 5.74. The fraction of sp³-hybridized carbons (Fsp3) is 0.800. The highest BCUT2D eigenvalue weighted by Crippen LogP contribution is 2.11. The van der Waals surface area contributed by atoms with Gasteiger partial charge in [-0.15, -0.1) is 0 Å². The third-order valence-corrected chi connectivity index (χ3v) is 2.53. The van der Waals surface area contributed by atoms with Gasteiger partial charge in [-0.05, 0) is 38.9 Å². The molecule has 0 aromatic heterocycles. The van der Waals surface area contributed by atoms with Gasteiger partial charge in [0.2, 0.25) is 0 Å². The van der Waals surface area contributed by atoms with Gasteiger partial charge in [-0.1, -0.05) is 18.2 Å². The molecule has 1 atom stereocenters. The van der Waals surface area contributed by atoms with Gasteiger partial charge in [-0.25, -0.2) is 0 Å². The van der Waals surface area contributed by atoms with Crippen molar-refractivity contribution < 1.29 is 0 Å². The average molecular weight is 203 g/mol. The van der Waals surface area contributed by atoms with Crippen LogP contribution in [-0.2, 0) is 0 Å². The normalized spacial score (nSPS) is 23.5. The zero-order chi connectivity index (χ0) is 9.68. The molecule has 0 radical (unpaired) electrons. The summed E-state index contributed by atoms with van der Waals surface area (Å²) < 4.78 is 0. The van der Waals surface area contributed by atoms with Crippen LogP contribution in [0.15, 0.2) is 11.6 Å². The summed E-state index contributed by atoms with van der Waals surface area (Å²) in [6.45, 7) is 7.96. The minimum absolute atomic E-state index is 0.728. The van der Waals surface area contributed by atoms with Crippen molar-refractivity contribution in [1.82, 2.24) is 10.2 Å². The molecular weight excluding hydrogens is 184 g/mol. The quantitative estimate of drug-likeness (QED) is 0.746. The number of nitrogens with zero attached hydrogens (tertiary/aromatic N) is 1. The van der Waals surface area contributed by atoms with E-state index in [1.807, 2.05) is 0 Å². The van der Waals surface area contributed by atoms with E-state index in [2.05, 4.69) is 23.8 Å². The summed E-state index contributed by atoms with van der Waals surface area (Å²) >= 11 is 5.74. The topological polar surface area (TPSA) is 15.3 Å². The maximum Gasteiger partial charge on any atom is 0.0332 e. The van der Waals surface area contributed by atoms with Crippen molar-refractivity contribution in [2.24, 2.45) is 5.92 Å². The molecule has 76 valence electrons. The highest BCUT2D eigenvalue weighted by Gasteiger charge is 2.14. The van der Waals surface area contributed by atoms with Gasteiger partial charge >= 0.3 is 0 Å². The van der Waals surface area contributed by atoms with E-state index in [4.69, 9.17) is 11.6 Å². The van der Waals surface area contributed by atoms with Crippen molar-refractivity contribution in [3.05, 3.63) is 11.6 Å². The van der Waals surface area contributed by atoms with Gasteiger partial charge in [0.15, 0.2) is 0 Å². The summed E-state index contributed by atoms with van der Waals surface area (Å²) in [6.07, 6.45) is 2.65. The lowest BCUT2D eigenvalue weighted by Gasteiger charge is -2.27. The first-order chi connectivity index (χ1) is 6.18. The number of hydrogen-bond acceptors (Lipinski definition) is 2. The SMILES string of the molecule is C=C(Cl)CN(C)CC1CCCNC1. The molecule has 0 amide bonds. The Hall–Kier alpha value is -0.0500. The predicted octanol–water partition coefficient (Wildman–Crippen LogP) is 1.67. The van der Waals surface area contributed by atoms with Crippen molar-refractivity contribution in [1.29, 1.82) is 0 Å². The van der Waals surface area contributed by atoms with Crippen molar-refractivity contribution in [2.75, 3.05) is 33.2 Å². The first kappa shape index (κ1) is 11.0. The summed E-state index contributed by atoms with van der Waals surface area (Å²) in [5, 5.41) is 4.14. The van der Waals surface area contributed by atoms with Crippen molar-refractivity contribution in [2.45, 2.75) is 12.8 Å². The highest BCUT2D eigenvalue weighted by atomic mass is 35.5. The van der Waals surface area contributed by atoms with Gasteiger partial charge in [0, 0.05) is 18.1 Å². The highest BCUT2D eigenvalue weighted by molar-refractivity contribution is 6.29. The van der Waals surface area contributed by atoms with Gasteiger partial charge in [0.25, 0.3) is 0 Å². The molecule has 1 aliphatic rings. The Morgan fingerprint density at radius 1 is 1.69 bits per heavy atom. The van der Waals surface area contributed by atoms with Crippen LogP contribution in [0.1, 0.15) is 12.8 Å². The van der Waals surface area contributed by atoms with Crippen LogP contribution in [0.5, 0.6) is 0 Å². The first-order valence-corrected chi connectivity index (χ1v) is 5.29. The van der Waals surface area contributed by atoms with Crippen molar-refractivity contribution >= 4 is 11.6 Å². The van der Waals surface area contributed by atoms with Gasteiger partial charge in [-0.2, -0.15) is 0 Å². The molecule has 1 saturated heterocycles. The van der Waals surface area contributed by atoms with E-state index < -0.39 is 0 Å². The van der Waals surface area contributed by atoms with E-state index in [0.717, 1.165) is 30.6 Å². The van der Waals surface area contributed by atoms with Gasteiger partial charge < -0.3 is 10.2 Å². The fourth-order valence-electron chi connectivity index (χ4n) is 1.88. The van der Waals surface area contributed by atoms with Crippen LogP contribution in [0.4, 0.5) is 0 Å². The lowest BCUT2D eigenvalue weighted by atomic mass is 9.99. The summed E-state index contributed by atoms with van der Waals surface area (Å²) in [7, 11) is 2.10. The van der Waals surface area contributed by atoms with E-state index in [0.29, 0.717) is 0 Å². The average Bonchev–Trinajstić information content (AvgIpc) is 2.04. The second-order valence-corrected chi connectivity index (χ2v) is 4.46. The van der Waals surface area contributed by atoms with Crippen LogP contribution < -0.4 is 5.32 Å². The lowest BCUT2D eigenvalue weighted by molar-refractivity contribution is 0.258. The molecule has 1 unspecified atom stereocenters. The van der Waals surface area contributed by atoms with E-state index in [9.17, 15) is 0 Å². The van der Waals surface area contributed by atoms with Crippen LogP contribution in [0.3, 0.4) is 0 Å². The minimum Gasteiger partial charge on any atom is -0.316 e. The smallest absolute Gasteiger partial charge is 0.0332 e. The van der Waals surface area contributed by atoms with E-state index in [1.165, 1.54) is 19.4 Å². The van der Waals surface area contributed by atoms with Gasteiger partial charge in [-0.3, -0.25) is 0 Å². The molecule has 2 nitrogen and oxygen atoms in total. The molecule has 0 saturated carbocycles. The van der Waals surface area contributed by atoms with E-state index in [1.54, 1.807) is 0 Å². The van der Waals surface area contributed by atoms with Gasteiger partial charge in [0.1, 0.15) is 0 Å². The van der Waals surface area contributed by atoms with Crippen LogP contribution >= 0.6 is 11.6 Å². The molecule has 0 spiro atoms. The standard InChI is InChI=1S/C10H19ClN2/c1-9(11)7-13(2)8-10-4-3-5-12-6-10/h10,12H,1,3-8H2,2H3. The Labute approximate surface area is 85.9 Å². The van der Waals surface area contributed by atoms with Crippen molar-refractivity contribution in [3.8, 4) is 0 Å². The van der Waals surface area contributed by atoms with Crippen LogP contribution in [0.25, 0.3) is 0 Å². The van der Waals surface area contributed by atoms with Gasteiger partial charge in [0.05, 0.1) is 0 Å². The fourth-order valence-corrected chi connectivity index (χ4v) is 2.08. The predicted molar refractivity (Wildman–Crippen MR) is 58.1 cm³/mol. The molecule has 1 aliphatic heterocycles. The molecule has 13 heavy (non-hydrogen) atoms. The third-order valence-electron chi connectivity index (χ3n) is 2.41. The number of likely N-dealkylation sites (N-methyl/N-ethyl adjacent to an activating group) is 1. The Morgan fingerprint density at radius 2 is 2.46 bits per heavy atom. The van der Waals surface area contributed by atoms with E-state index >= 15 is 0 Å². The maximum absolute atomic E-state index is 5.74. The number of piperidine rings is 1. The van der Waals surface area contributed by atoms with E-state index in [-0.39, 0.29) is 0 Å². The Morgan fingerprint density at radius 3 is 3.00 bits per heavy atom. The summed E-state index contributed by atoms with van der Waals surface area (Å²) in [5.41, 5.74) is 0. The zero-order valence-electron chi connectivity index (χ0n) is 8.35. The molecule has 1 rings (SSSR count). The van der Waals surface area contributed by atoms with Crippen LogP contribution in [0, 0.1) is 5.92 Å². The molecule has 3 heteroatoms. The lowest BCUT2D eigenvalue weighted by Crippen LogP contribution is -2.37. The molecule has 0 aromatic rings. The molecule has 1 N–H and O–H groups in total. The molecule has 0 bridgehead atoms. The summed E-state index contributed by atoms with van der Waals surface area (Å²) in [4.78, 5) is 2.24. The molecule has 1 heterocycles. The Bertz CT molecular complexity index is 164. The molecule has 0 aliphatic carbocycles. The molecular formula is C10H19ClN2. The third kappa shape index (κ3) is 4.65. The number of rotatable bonds is 4. The first-order valence-electron chi connectivity index (χ1n) is 4.91. The number of nitrogens with one attached hydrogen (secondary N) is 1. The summed E-state index contributed by atoms with van der Waals surface area (Å²) in [6, 6.07) is 0. The minimum atomic E-state index is 0.728.